The molecule has 1 amide bonds. The van der Waals surface area contributed by atoms with E-state index in [9.17, 15) is 19.1 Å². The second-order valence-corrected chi connectivity index (χ2v) is 12.6. The molecule has 218 valence electrons. The van der Waals surface area contributed by atoms with Gasteiger partial charge in [0.05, 0.1) is 18.2 Å². The molecule has 42 heavy (non-hydrogen) atoms. The zero-order chi connectivity index (χ0) is 29.4. The van der Waals surface area contributed by atoms with E-state index in [0.717, 1.165) is 52.5 Å². The highest BCUT2D eigenvalue weighted by atomic mass is 32.2. The lowest BCUT2D eigenvalue weighted by Crippen LogP contribution is -2.33. The van der Waals surface area contributed by atoms with Crippen molar-refractivity contribution in [3.8, 4) is 17.0 Å². The highest BCUT2D eigenvalue weighted by molar-refractivity contribution is 7.97. The van der Waals surface area contributed by atoms with Crippen LogP contribution in [0.3, 0.4) is 0 Å². The van der Waals surface area contributed by atoms with Gasteiger partial charge in [0.1, 0.15) is 11.6 Å². The standard InChI is InChI=1S/C34H35FN2O4S/c1-34(33(39)40)18-24-16-25(41-2)13-15-26(24)31-30(21-8-4-3-5-9-21)27-14-12-22(17-29(27)37(31)20-34)32(38)36-42-19-23-10-6-7-11-28(23)35/h6-7,10-17,21H,3-5,8-9,18-20H2,1-2H3,(H,36,38)(H,39,40). The van der Waals surface area contributed by atoms with Crippen LogP contribution in [-0.2, 0) is 23.5 Å². The number of carboxylic acid groups (broad SMARTS) is 1. The van der Waals surface area contributed by atoms with Crippen molar-refractivity contribution >= 4 is 34.7 Å². The summed E-state index contributed by atoms with van der Waals surface area (Å²) >= 11 is 1.15. The molecule has 0 spiro atoms. The van der Waals surface area contributed by atoms with Crippen LogP contribution in [0, 0.1) is 11.2 Å². The molecular formula is C34H35FN2O4S. The van der Waals surface area contributed by atoms with E-state index in [-0.39, 0.29) is 18.3 Å². The SMILES string of the molecule is COc1ccc2c(c1)CC(C)(C(=O)O)Cn1c-2c(C2CCCCC2)c2ccc(C(=O)NSCc3ccccc3F)cc21. The Morgan fingerprint density at radius 1 is 1.10 bits per heavy atom. The summed E-state index contributed by atoms with van der Waals surface area (Å²) in [5.74, 6) is -0.0539. The van der Waals surface area contributed by atoms with E-state index >= 15 is 0 Å². The van der Waals surface area contributed by atoms with Gasteiger partial charge in [-0.3, -0.25) is 14.3 Å². The summed E-state index contributed by atoms with van der Waals surface area (Å²) < 4.78 is 24.6. The molecule has 0 saturated heterocycles. The fourth-order valence-electron chi connectivity index (χ4n) is 6.67. The summed E-state index contributed by atoms with van der Waals surface area (Å²) in [6.45, 7) is 2.08. The predicted octanol–water partition coefficient (Wildman–Crippen LogP) is 7.73. The number of carboxylic acids is 1. The molecule has 1 aliphatic heterocycles. The number of nitrogens with one attached hydrogen (secondary N) is 1. The van der Waals surface area contributed by atoms with Crippen LogP contribution in [0.15, 0.2) is 60.7 Å². The largest absolute Gasteiger partial charge is 0.497 e. The fourth-order valence-corrected chi connectivity index (χ4v) is 7.38. The highest BCUT2D eigenvalue weighted by Crippen LogP contribution is 2.48. The summed E-state index contributed by atoms with van der Waals surface area (Å²) in [6.07, 6.45) is 6.10. The number of aromatic nitrogens is 1. The Balaban J connectivity index is 1.46. The van der Waals surface area contributed by atoms with Crippen molar-refractivity contribution in [3.63, 3.8) is 0 Å². The van der Waals surface area contributed by atoms with Crippen molar-refractivity contribution in [1.29, 1.82) is 0 Å². The number of nitrogens with zero attached hydrogens (tertiary/aromatic N) is 1. The van der Waals surface area contributed by atoms with Crippen LogP contribution in [0.2, 0.25) is 0 Å². The van der Waals surface area contributed by atoms with Gasteiger partial charge in [-0.25, -0.2) is 4.39 Å². The second-order valence-electron chi connectivity index (χ2n) is 11.8. The zero-order valence-electron chi connectivity index (χ0n) is 23.9. The Labute approximate surface area is 249 Å². The Kier molecular flexibility index (Phi) is 7.75. The van der Waals surface area contributed by atoms with Gasteiger partial charge in [0.2, 0.25) is 0 Å². The Bertz CT molecular complexity index is 1680. The zero-order valence-corrected chi connectivity index (χ0v) is 24.7. The first kappa shape index (κ1) is 28.3. The van der Waals surface area contributed by atoms with Gasteiger partial charge < -0.3 is 14.4 Å². The number of rotatable bonds is 7. The van der Waals surface area contributed by atoms with Gasteiger partial charge >= 0.3 is 5.97 Å². The van der Waals surface area contributed by atoms with E-state index in [0.29, 0.717) is 35.0 Å². The first-order valence-corrected chi connectivity index (χ1v) is 15.5. The number of carbonyl (C=O) groups excluding carboxylic acids is 1. The molecule has 4 aromatic rings. The van der Waals surface area contributed by atoms with E-state index in [1.54, 1.807) is 32.2 Å². The van der Waals surface area contributed by atoms with Crippen molar-refractivity contribution in [1.82, 2.24) is 9.29 Å². The number of carbonyl (C=O) groups is 2. The number of aliphatic carboxylic acids is 1. The lowest BCUT2D eigenvalue weighted by atomic mass is 9.80. The lowest BCUT2D eigenvalue weighted by molar-refractivity contribution is -0.148. The third kappa shape index (κ3) is 5.17. The van der Waals surface area contributed by atoms with Gasteiger partial charge in [-0.05, 0) is 97.1 Å². The molecule has 8 heteroatoms. The molecule has 2 heterocycles. The molecule has 6 rings (SSSR count). The summed E-state index contributed by atoms with van der Waals surface area (Å²) in [5, 5.41) is 11.5. The van der Waals surface area contributed by atoms with Crippen molar-refractivity contribution in [2.24, 2.45) is 5.41 Å². The molecule has 1 aromatic heterocycles. The second kappa shape index (κ2) is 11.5. The van der Waals surface area contributed by atoms with Crippen LogP contribution in [0.25, 0.3) is 22.2 Å². The van der Waals surface area contributed by atoms with E-state index in [1.165, 1.54) is 30.9 Å². The maximum atomic E-state index is 14.1. The number of hydrogen-bond donors (Lipinski definition) is 2. The van der Waals surface area contributed by atoms with Crippen LogP contribution in [0.4, 0.5) is 4.39 Å². The van der Waals surface area contributed by atoms with Gasteiger partial charge in [-0.15, -0.1) is 0 Å². The molecule has 1 aliphatic carbocycles. The first-order chi connectivity index (χ1) is 20.3. The van der Waals surface area contributed by atoms with Crippen LogP contribution in [0.1, 0.15) is 72.0 Å². The monoisotopic (exact) mass is 586 g/mol. The van der Waals surface area contributed by atoms with Crippen molar-refractivity contribution in [2.45, 2.75) is 63.7 Å². The maximum absolute atomic E-state index is 14.1. The van der Waals surface area contributed by atoms with Gasteiger partial charge in [-0.2, -0.15) is 0 Å². The quantitative estimate of drug-likeness (QED) is 0.217. The average Bonchev–Trinajstić information content (AvgIpc) is 3.23. The predicted molar refractivity (Wildman–Crippen MR) is 164 cm³/mol. The lowest BCUT2D eigenvalue weighted by Gasteiger charge is -2.24. The van der Waals surface area contributed by atoms with E-state index in [1.807, 2.05) is 30.3 Å². The maximum Gasteiger partial charge on any atom is 0.311 e. The van der Waals surface area contributed by atoms with Crippen LogP contribution >= 0.6 is 11.9 Å². The summed E-state index contributed by atoms with van der Waals surface area (Å²) in [5.41, 5.74) is 5.12. The van der Waals surface area contributed by atoms with Crippen LogP contribution in [-0.4, -0.2) is 28.7 Å². The average molecular weight is 587 g/mol. The summed E-state index contributed by atoms with van der Waals surface area (Å²) in [7, 11) is 1.63. The number of ether oxygens (including phenoxy) is 1. The smallest absolute Gasteiger partial charge is 0.311 e. The normalized spacial score (nSPS) is 18.6. The van der Waals surface area contributed by atoms with Crippen molar-refractivity contribution < 1.29 is 23.8 Å². The number of amides is 1. The molecular weight excluding hydrogens is 551 g/mol. The van der Waals surface area contributed by atoms with Gasteiger partial charge in [-0.1, -0.05) is 43.5 Å². The molecule has 1 saturated carbocycles. The topological polar surface area (TPSA) is 80.6 Å². The minimum absolute atomic E-state index is 0.271. The molecule has 2 N–H and O–H groups in total. The van der Waals surface area contributed by atoms with Crippen molar-refractivity contribution in [3.05, 3.63) is 88.7 Å². The third-order valence-corrected chi connectivity index (χ3v) is 9.69. The molecule has 1 atom stereocenters. The van der Waals surface area contributed by atoms with Crippen LogP contribution in [0.5, 0.6) is 5.75 Å². The van der Waals surface area contributed by atoms with E-state index < -0.39 is 11.4 Å². The first-order valence-electron chi connectivity index (χ1n) is 14.5. The van der Waals surface area contributed by atoms with E-state index in [2.05, 4.69) is 15.4 Å². The minimum atomic E-state index is -1.06. The minimum Gasteiger partial charge on any atom is -0.497 e. The fraction of sp³-hybridized carbons (Fsp3) is 0.353. The number of hydrogen-bond acceptors (Lipinski definition) is 4. The molecule has 0 bridgehead atoms. The number of fused-ring (bicyclic) bond motifs is 5. The van der Waals surface area contributed by atoms with Crippen LogP contribution < -0.4 is 9.46 Å². The number of halogens is 1. The summed E-state index contributed by atoms with van der Waals surface area (Å²) in [4.78, 5) is 26.0. The van der Waals surface area contributed by atoms with Gasteiger partial charge in [0.15, 0.2) is 0 Å². The van der Waals surface area contributed by atoms with Crippen molar-refractivity contribution in [2.75, 3.05) is 7.11 Å². The Morgan fingerprint density at radius 2 is 1.88 bits per heavy atom. The molecule has 2 aliphatic rings. The molecule has 1 unspecified atom stereocenters. The molecule has 1 fully saturated rings. The molecule has 6 nitrogen and oxygen atoms in total. The number of methoxy groups -OCH3 is 1. The molecule has 3 aromatic carbocycles. The number of benzene rings is 3. The summed E-state index contributed by atoms with van der Waals surface area (Å²) in [6, 6.07) is 18.3. The Hall–Kier alpha value is -3.78. The third-order valence-electron chi connectivity index (χ3n) is 8.90. The highest BCUT2D eigenvalue weighted by Gasteiger charge is 2.40. The van der Waals surface area contributed by atoms with E-state index in [4.69, 9.17) is 4.74 Å². The Morgan fingerprint density at radius 3 is 2.62 bits per heavy atom. The van der Waals surface area contributed by atoms with Gasteiger partial charge in [0, 0.05) is 34.3 Å². The van der Waals surface area contributed by atoms with Gasteiger partial charge in [0.25, 0.3) is 5.91 Å². The molecule has 0 radical (unpaired) electrons.